The molecule has 116 valence electrons. The highest BCUT2D eigenvalue weighted by molar-refractivity contribution is 5.83. The normalized spacial score (nSPS) is 11.4. The van der Waals surface area contributed by atoms with E-state index in [0.29, 0.717) is 0 Å². The van der Waals surface area contributed by atoms with Crippen LogP contribution in [0.2, 0.25) is 0 Å². The van der Waals surface area contributed by atoms with Crippen molar-refractivity contribution in [3.8, 4) is 0 Å². The fourth-order valence-corrected chi connectivity index (χ4v) is 2.93. The Kier molecular flexibility index (Phi) is 4.29. The van der Waals surface area contributed by atoms with Crippen LogP contribution in [0.1, 0.15) is 29.8 Å². The van der Waals surface area contributed by atoms with Crippen molar-refractivity contribution in [1.29, 1.82) is 0 Å². The molecular formula is C18H23N3O. The molecule has 4 nitrogen and oxygen atoms in total. The molecule has 22 heavy (non-hydrogen) atoms. The van der Waals surface area contributed by atoms with Crippen molar-refractivity contribution in [2.45, 2.75) is 40.3 Å². The second-order valence-corrected chi connectivity index (χ2v) is 5.63. The van der Waals surface area contributed by atoms with E-state index >= 15 is 0 Å². The summed E-state index contributed by atoms with van der Waals surface area (Å²) in [6.45, 7) is 8.84. The first-order chi connectivity index (χ1) is 10.7. The predicted octanol–water partition coefficient (Wildman–Crippen LogP) is 3.60. The van der Waals surface area contributed by atoms with Crippen LogP contribution in [0.4, 0.5) is 0 Å². The van der Waals surface area contributed by atoms with Gasteiger partial charge >= 0.3 is 0 Å². The second-order valence-electron chi connectivity index (χ2n) is 5.63. The van der Waals surface area contributed by atoms with Gasteiger partial charge in [0.05, 0.1) is 5.69 Å². The van der Waals surface area contributed by atoms with Crippen molar-refractivity contribution in [3.63, 3.8) is 0 Å². The number of rotatable bonds is 6. The van der Waals surface area contributed by atoms with E-state index in [1.807, 2.05) is 13.8 Å². The fourth-order valence-electron chi connectivity index (χ4n) is 2.93. The lowest BCUT2D eigenvalue weighted by Crippen LogP contribution is -2.11. The first-order valence-electron chi connectivity index (χ1n) is 7.89. The number of hydrogen-bond donors (Lipinski definition) is 1. The number of nitrogens with zero attached hydrogens (tertiary/aromatic N) is 2. The number of aromatic nitrogens is 2. The summed E-state index contributed by atoms with van der Waals surface area (Å²) in [6.07, 6.45) is 3.06. The highest BCUT2D eigenvalue weighted by Crippen LogP contribution is 2.21. The summed E-state index contributed by atoms with van der Waals surface area (Å²) in [5.74, 6) is 1.68. The van der Waals surface area contributed by atoms with Crippen molar-refractivity contribution < 1.29 is 4.42 Å². The Morgan fingerprint density at radius 1 is 1.23 bits per heavy atom. The third-order valence-electron chi connectivity index (χ3n) is 4.06. The minimum absolute atomic E-state index is 0.748. The summed E-state index contributed by atoms with van der Waals surface area (Å²) in [5, 5.41) is 4.73. The maximum Gasteiger partial charge on any atom is 0.191 e. The van der Waals surface area contributed by atoms with Gasteiger partial charge in [0.15, 0.2) is 5.89 Å². The summed E-state index contributed by atoms with van der Waals surface area (Å²) in [4.78, 5) is 4.46. The van der Waals surface area contributed by atoms with E-state index in [1.165, 1.54) is 16.5 Å². The number of nitrogens with one attached hydrogen (secondary N) is 1. The Bertz CT molecular complexity index is 770. The number of aryl methyl sites for hydroxylation is 4. The van der Waals surface area contributed by atoms with Gasteiger partial charge < -0.3 is 14.3 Å². The molecule has 3 aromatic rings. The molecular weight excluding hydrogens is 274 g/mol. The monoisotopic (exact) mass is 297 g/mol. The molecule has 0 saturated heterocycles. The summed E-state index contributed by atoms with van der Waals surface area (Å²) < 4.78 is 7.81. The van der Waals surface area contributed by atoms with Crippen molar-refractivity contribution in [3.05, 3.63) is 53.4 Å². The van der Waals surface area contributed by atoms with Crippen LogP contribution in [0.15, 0.2) is 34.9 Å². The Morgan fingerprint density at radius 2 is 2.09 bits per heavy atom. The average Bonchev–Trinajstić information content (AvgIpc) is 3.06. The molecule has 0 radical (unpaired) electrons. The standard InChI is InChI=1S/C18H23N3O/c1-4-19-12-15-6-5-7-18-16(15)8-10-21(18)11-9-17-13(2)22-14(3)20-17/h5-8,10,19H,4,9,11-12H2,1-3H3. The Balaban J connectivity index is 1.81. The van der Waals surface area contributed by atoms with Gasteiger partial charge in [-0.05, 0) is 31.2 Å². The van der Waals surface area contributed by atoms with Crippen LogP contribution in [0.3, 0.4) is 0 Å². The molecule has 0 spiro atoms. The largest absolute Gasteiger partial charge is 0.446 e. The Hall–Kier alpha value is -2.07. The fraction of sp³-hybridized carbons (Fsp3) is 0.389. The van der Waals surface area contributed by atoms with Crippen molar-refractivity contribution in [1.82, 2.24) is 14.9 Å². The Labute approximate surface area is 131 Å². The van der Waals surface area contributed by atoms with Gasteiger partial charge in [-0.15, -0.1) is 0 Å². The van der Waals surface area contributed by atoms with Crippen LogP contribution in [0.25, 0.3) is 10.9 Å². The topological polar surface area (TPSA) is 43.0 Å². The van der Waals surface area contributed by atoms with Crippen LogP contribution < -0.4 is 5.32 Å². The highest BCUT2D eigenvalue weighted by Gasteiger charge is 2.09. The molecule has 0 aliphatic rings. The van der Waals surface area contributed by atoms with E-state index < -0.39 is 0 Å². The molecule has 0 unspecified atom stereocenters. The summed E-state index contributed by atoms with van der Waals surface area (Å²) in [7, 11) is 0. The average molecular weight is 297 g/mol. The minimum Gasteiger partial charge on any atom is -0.446 e. The molecule has 0 fully saturated rings. The molecule has 4 heteroatoms. The molecule has 3 rings (SSSR count). The van der Waals surface area contributed by atoms with Gasteiger partial charge in [0.25, 0.3) is 0 Å². The molecule has 0 amide bonds. The van der Waals surface area contributed by atoms with Crippen LogP contribution in [-0.4, -0.2) is 16.1 Å². The third-order valence-corrected chi connectivity index (χ3v) is 4.06. The lowest BCUT2D eigenvalue weighted by Gasteiger charge is -2.07. The van der Waals surface area contributed by atoms with Crippen LogP contribution in [0, 0.1) is 13.8 Å². The predicted molar refractivity (Wildman–Crippen MR) is 89.0 cm³/mol. The van der Waals surface area contributed by atoms with E-state index in [-0.39, 0.29) is 0 Å². The third kappa shape index (κ3) is 2.92. The van der Waals surface area contributed by atoms with E-state index in [2.05, 4.69) is 52.3 Å². The van der Waals surface area contributed by atoms with E-state index in [4.69, 9.17) is 4.42 Å². The zero-order valence-electron chi connectivity index (χ0n) is 13.5. The zero-order chi connectivity index (χ0) is 15.5. The molecule has 1 aromatic carbocycles. The first-order valence-corrected chi connectivity index (χ1v) is 7.89. The number of hydrogen-bond acceptors (Lipinski definition) is 3. The van der Waals surface area contributed by atoms with Gasteiger partial charge in [-0.2, -0.15) is 0 Å². The van der Waals surface area contributed by atoms with Gasteiger partial charge in [0.2, 0.25) is 0 Å². The Morgan fingerprint density at radius 3 is 2.82 bits per heavy atom. The van der Waals surface area contributed by atoms with Gasteiger partial charge in [-0.1, -0.05) is 19.1 Å². The van der Waals surface area contributed by atoms with Gasteiger partial charge in [-0.25, -0.2) is 4.98 Å². The summed E-state index contributed by atoms with van der Waals surface area (Å²) in [5.41, 5.74) is 3.70. The van der Waals surface area contributed by atoms with Crippen molar-refractivity contribution in [2.75, 3.05) is 6.54 Å². The summed E-state index contributed by atoms with van der Waals surface area (Å²) >= 11 is 0. The molecule has 2 aromatic heterocycles. The molecule has 0 saturated carbocycles. The van der Waals surface area contributed by atoms with Gasteiger partial charge in [-0.3, -0.25) is 0 Å². The maximum absolute atomic E-state index is 5.51. The molecule has 0 bridgehead atoms. The summed E-state index contributed by atoms with van der Waals surface area (Å²) in [6, 6.07) is 8.73. The van der Waals surface area contributed by atoms with E-state index in [1.54, 1.807) is 0 Å². The molecule has 0 aliphatic carbocycles. The van der Waals surface area contributed by atoms with E-state index in [0.717, 1.165) is 43.4 Å². The minimum atomic E-state index is 0.748. The molecule has 1 N–H and O–H groups in total. The van der Waals surface area contributed by atoms with Crippen LogP contribution in [-0.2, 0) is 19.5 Å². The van der Waals surface area contributed by atoms with Crippen molar-refractivity contribution >= 4 is 10.9 Å². The van der Waals surface area contributed by atoms with Gasteiger partial charge in [0.1, 0.15) is 5.76 Å². The number of benzene rings is 1. The number of oxazole rings is 1. The molecule has 0 atom stereocenters. The van der Waals surface area contributed by atoms with Crippen molar-refractivity contribution in [2.24, 2.45) is 0 Å². The highest BCUT2D eigenvalue weighted by atomic mass is 16.4. The van der Waals surface area contributed by atoms with Crippen LogP contribution in [0.5, 0.6) is 0 Å². The lowest BCUT2D eigenvalue weighted by atomic mass is 10.1. The molecule has 0 aliphatic heterocycles. The SMILES string of the molecule is CCNCc1cccc2c1ccn2CCc1nc(C)oc1C. The molecule has 2 heterocycles. The van der Waals surface area contributed by atoms with Crippen LogP contribution >= 0.6 is 0 Å². The maximum atomic E-state index is 5.51. The van der Waals surface area contributed by atoms with E-state index in [9.17, 15) is 0 Å². The quantitative estimate of drug-likeness (QED) is 0.756. The van der Waals surface area contributed by atoms with Gasteiger partial charge in [0, 0.05) is 43.5 Å². The second kappa shape index (κ2) is 6.36. The lowest BCUT2D eigenvalue weighted by molar-refractivity contribution is 0.492. The number of fused-ring (bicyclic) bond motifs is 1. The smallest absolute Gasteiger partial charge is 0.191 e. The zero-order valence-corrected chi connectivity index (χ0v) is 13.5. The first kappa shape index (κ1) is 14.9.